The van der Waals surface area contributed by atoms with E-state index in [-0.39, 0.29) is 17.4 Å². The van der Waals surface area contributed by atoms with Crippen LogP contribution >= 0.6 is 11.3 Å². The molecule has 0 bridgehead atoms. The van der Waals surface area contributed by atoms with Crippen molar-refractivity contribution < 1.29 is 23.8 Å². The maximum absolute atomic E-state index is 13.1. The highest BCUT2D eigenvalue weighted by Gasteiger charge is 2.30. The molecule has 0 unspecified atom stereocenters. The summed E-state index contributed by atoms with van der Waals surface area (Å²) >= 11 is 1.43. The SMILES string of the molecule is COCCNC(=O)c1cc(CN2CCOCC2(C)C)ccc1NC(=O)c1csc(N2CCOCC2)n1. The van der Waals surface area contributed by atoms with E-state index in [1.807, 2.05) is 12.1 Å². The number of ether oxygens (including phenoxy) is 3. The fraction of sp³-hybridized carbons (Fsp3) is 0.560. The Morgan fingerprint density at radius 3 is 2.67 bits per heavy atom. The first-order valence-electron chi connectivity index (χ1n) is 12.2. The number of hydrogen-bond donors (Lipinski definition) is 2. The predicted octanol–water partition coefficient (Wildman–Crippen LogP) is 2.22. The van der Waals surface area contributed by atoms with E-state index in [1.165, 1.54) is 11.3 Å². The molecular weight excluding hydrogens is 482 g/mol. The molecular formula is C25H35N5O5S. The van der Waals surface area contributed by atoms with Gasteiger partial charge in [-0.2, -0.15) is 0 Å². The second kappa shape index (κ2) is 12.1. The lowest BCUT2D eigenvalue weighted by Gasteiger charge is -2.42. The van der Waals surface area contributed by atoms with Crippen molar-refractivity contribution in [1.29, 1.82) is 0 Å². The first-order valence-corrected chi connectivity index (χ1v) is 13.1. The molecule has 0 aliphatic carbocycles. The third-order valence-electron chi connectivity index (χ3n) is 6.37. The summed E-state index contributed by atoms with van der Waals surface area (Å²) in [5.74, 6) is -0.614. The van der Waals surface area contributed by atoms with Crippen molar-refractivity contribution in [2.24, 2.45) is 0 Å². The Morgan fingerprint density at radius 2 is 1.92 bits per heavy atom. The number of hydrogen-bond acceptors (Lipinski definition) is 9. The van der Waals surface area contributed by atoms with Crippen LogP contribution < -0.4 is 15.5 Å². The van der Waals surface area contributed by atoms with E-state index >= 15 is 0 Å². The monoisotopic (exact) mass is 517 g/mol. The second-order valence-corrected chi connectivity index (χ2v) is 10.3. The Kier molecular flexibility index (Phi) is 8.91. The van der Waals surface area contributed by atoms with Crippen LogP contribution in [0.15, 0.2) is 23.6 Å². The molecule has 0 radical (unpaired) electrons. The molecule has 2 aromatic rings. The molecule has 0 atom stereocenters. The van der Waals surface area contributed by atoms with Crippen LogP contribution in [-0.2, 0) is 20.8 Å². The van der Waals surface area contributed by atoms with Crippen molar-refractivity contribution in [2.75, 3.05) is 76.5 Å². The van der Waals surface area contributed by atoms with Crippen molar-refractivity contribution >= 4 is 34.0 Å². The highest BCUT2D eigenvalue weighted by molar-refractivity contribution is 7.14. The normalized spacial score (nSPS) is 18.1. The van der Waals surface area contributed by atoms with Gasteiger partial charge in [-0.3, -0.25) is 14.5 Å². The van der Waals surface area contributed by atoms with E-state index in [4.69, 9.17) is 14.2 Å². The Labute approximate surface area is 215 Å². The van der Waals surface area contributed by atoms with Gasteiger partial charge >= 0.3 is 0 Å². The summed E-state index contributed by atoms with van der Waals surface area (Å²) < 4.78 is 16.1. The second-order valence-electron chi connectivity index (χ2n) is 9.48. The molecule has 0 saturated carbocycles. The lowest BCUT2D eigenvalue weighted by molar-refractivity contribution is -0.0552. The van der Waals surface area contributed by atoms with Crippen molar-refractivity contribution in [3.05, 3.63) is 40.4 Å². The number of amides is 2. The lowest BCUT2D eigenvalue weighted by atomic mass is 10.00. The molecule has 10 nitrogen and oxygen atoms in total. The molecule has 4 rings (SSSR count). The fourth-order valence-electron chi connectivity index (χ4n) is 4.21. The smallest absolute Gasteiger partial charge is 0.275 e. The first-order chi connectivity index (χ1) is 17.4. The van der Waals surface area contributed by atoms with Crippen LogP contribution in [0.5, 0.6) is 0 Å². The number of aromatic nitrogens is 1. The zero-order chi connectivity index (χ0) is 25.5. The Bertz CT molecular complexity index is 1050. The molecule has 2 N–H and O–H groups in total. The molecule has 36 heavy (non-hydrogen) atoms. The quantitative estimate of drug-likeness (QED) is 0.488. The fourth-order valence-corrected chi connectivity index (χ4v) is 5.07. The molecule has 0 spiro atoms. The summed E-state index contributed by atoms with van der Waals surface area (Å²) in [5.41, 5.74) is 2.07. The molecule has 11 heteroatoms. The van der Waals surface area contributed by atoms with Crippen LogP contribution in [-0.4, -0.2) is 93.6 Å². The van der Waals surface area contributed by atoms with E-state index in [0.717, 1.165) is 30.3 Å². The van der Waals surface area contributed by atoms with Gasteiger partial charge in [0.05, 0.1) is 44.3 Å². The number of rotatable bonds is 9. The van der Waals surface area contributed by atoms with Crippen molar-refractivity contribution in [3.8, 4) is 0 Å². The topological polar surface area (TPSA) is 105 Å². The summed E-state index contributed by atoms with van der Waals surface area (Å²) in [6.07, 6.45) is 0. The molecule has 1 aromatic heterocycles. The maximum atomic E-state index is 13.1. The summed E-state index contributed by atoms with van der Waals surface area (Å²) in [6.45, 7) is 10.7. The van der Waals surface area contributed by atoms with Crippen molar-refractivity contribution in [2.45, 2.75) is 25.9 Å². The number of morpholine rings is 2. The number of carbonyl (C=O) groups is 2. The Morgan fingerprint density at radius 1 is 1.14 bits per heavy atom. The average Bonchev–Trinajstić information content (AvgIpc) is 3.37. The minimum atomic E-state index is -0.348. The third-order valence-corrected chi connectivity index (χ3v) is 7.27. The van der Waals surface area contributed by atoms with E-state index in [9.17, 15) is 9.59 Å². The number of anilines is 2. The van der Waals surface area contributed by atoms with Crippen LogP contribution in [0.4, 0.5) is 10.8 Å². The van der Waals surface area contributed by atoms with Crippen LogP contribution in [0.3, 0.4) is 0 Å². The van der Waals surface area contributed by atoms with Gasteiger partial charge in [-0.15, -0.1) is 11.3 Å². The maximum Gasteiger partial charge on any atom is 0.275 e. The minimum Gasteiger partial charge on any atom is -0.383 e. The Balaban J connectivity index is 1.52. The summed E-state index contributed by atoms with van der Waals surface area (Å²) in [6, 6.07) is 5.60. The number of carbonyl (C=O) groups excluding carboxylic acids is 2. The zero-order valence-corrected chi connectivity index (χ0v) is 22.0. The molecule has 2 saturated heterocycles. The standard InChI is InChI=1S/C25H35N5O5S/c1-25(2)17-35-13-9-30(25)15-18-4-5-20(19(14-18)22(31)26-6-10-33-3)27-23(32)21-16-36-24(28-21)29-7-11-34-12-8-29/h4-5,14,16H,6-13,15,17H2,1-3H3,(H,26,31)(H,27,32). The highest BCUT2D eigenvalue weighted by Crippen LogP contribution is 2.26. The molecule has 1 aromatic carbocycles. The van der Waals surface area contributed by atoms with Gasteiger partial charge in [0.25, 0.3) is 11.8 Å². The van der Waals surface area contributed by atoms with Crippen molar-refractivity contribution in [1.82, 2.24) is 15.2 Å². The van der Waals surface area contributed by atoms with E-state index in [0.29, 0.717) is 63.1 Å². The van der Waals surface area contributed by atoms with Gasteiger partial charge < -0.3 is 29.7 Å². The first kappa shape index (κ1) is 26.5. The molecule has 3 heterocycles. The number of nitrogens with zero attached hydrogens (tertiary/aromatic N) is 3. The number of methoxy groups -OCH3 is 1. The van der Waals surface area contributed by atoms with Gasteiger partial charge in [0.1, 0.15) is 5.69 Å². The van der Waals surface area contributed by atoms with E-state index < -0.39 is 0 Å². The van der Waals surface area contributed by atoms with E-state index in [1.54, 1.807) is 18.6 Å². The number of benzene rings is 1. The van der Waals surface area contributed by atoms with Gasteiger partial charge in [0, 0.05) is 50.8 Å². The van der Waals surface area contributed by atoms with Crippen LogP contribution in [0.1, 0.15) is 40.3 Å². The molecule has 2 fully saturated rings. The van der Waals surface area contributed by atoms with Gasteiger partial charge in [-0.05, 0) is 31.5 Å². The zero-order valence-electron chi connectivity index (χ0n) is 21.2. The van der Waals surface area contributed by atoms with Crippen LogP contribution in [0.25, 0.3) is 0 Å². The summed E-state index contributed by atoms with van der Waals surface area (Å²) in [5, 5.41) is 8.30. The summed E-state index contributed by atoms with van der Waals surface area (Å²) in [7, 11) is 1.58. The van der Waals surface area contributed by atoms with Gasteiger partial charge in [0.15, 0.2) is 5.13 Å². The molecule has 2 aliphatic heterocycles. The number of thiazole rings is 1. The Hall–Kier alpha value is -2.57. The van der Waals surface area contributed by atoms with Crippen LogP contribution in [0.2, 0.25) is 0 Å². The molecule has 2 aliphatic rings. The van der Waals surface area contributed by atoms with Gasteiger partial charge in [-0.25, -0.2) is 4.98 Å². The lowest BCUT2D eigenvalue weighted by Crippen LogP contribution is -2.52. The largest absolute Gasteiger partial charge is 0.383 e. The molecule has 2 amide bonds. The predicted molar refractivity (Wildman–Crippen MR) is 139 cm³/mol. The molecule has 196 valence electrons. The average molecular weight is 518 g/mol. The van der Waals surface area contributed by atoms with Crippen molar-refractivity contribution in [3.63, 3.8) is 0 Å². The van der Waals surface area contributed by atoms with Gasteiger partial charge in [0.2, 0.25) is 0 Å². The van der Waals surface area contributed by atoms with Crippen LogP contribution in [0, 0.1) is 0 Å². The third kappa shape index (κ3) is 6.60. The minimum absolute atomic E-state index is 0.102. The summed E-state index contributed by atoms with van der Waals surface area (Å²) in [4.78, 5) is 35.1. The van der Waals surface area contributed by atoms with E-state index in [2.05, 4.69) is 39.3 Å². The number of nitrogens with one attached hydrogen (secondary N) is 2. The van der Waals surface area contributed by atoms with Gasteiger partial charge in [-0.1, -0.05) is 6.07 Å². The highest BCUT2D eigenvalue weighted by atomic mass is 32.1.